The number of carbonyl (C=O) groups is 2. The number of carboxylic acids is 1. The fourth-order valence-electron chi connectivity index (χ4n) is 1.90. The number of aliphatic carboxylic acids is 1. The molecule has 0 aliphatic rings. The Morgan fingerprint density at radius 1 is 1.19 bits per heavy atom. The Kier molecular flexibility index (Phi) is 4.50. The number of hydrogen-bond acceptors (Lipinski definition) is 4. The first-order chi connectivity index (χ1) is 10.1. The van der Waals surface area contributed by atoms with Gasteiger partial charge < -0.3 is 16.2 Å². The molecule has 6 nitrogen and oxygen atoms in total. The van der Waals surface area contributed by atoms with E-state index in [-0.39, 0.29) is 17.8 Å². The zero-order chi connectivity index (χ0) is 15.2. The molecule has 1 heterocycles. The molecule has 1 unspecified atom stereocenters. The van der Waals surface area contributed by atoms with Gasteiger partial charge in [-0.2, -0.15) is 0 Å². The molecule has 0 aliphatic carbocycles. The molecule has 1 amide bonds. The van der Waals surface area contributed by atoms with Crippen LogP contribution in [-0.4, -0.2) is 28.0 Å². The maximum Gasteiger partial charge on any atom is 0.326 e. The summed E-state index contributed by atoms with van der Waals surface area (Å²) in [4.78, 5) is 27.2. The average molecular weight is 285 g/mol. The van der Waals surface area contributed by atoms with Crippen molar-refractivity contribution in [1.29, 1.82) is 0 Å². The molecule has 0 saturated heterocycles. The highest BCUT2D eigenvalue weighted by molar-refractivity contribution is 6.00. The monoisotopic (exact) mass is 285 g/mol. The molecule has 108 valence electrons. The van der Waals surface area contributed by atoms with E-state index in [1.807, 2.05) is 18.2 Å². The number of carbonyl (C=O) groups excluding carboxylic acids is 1. The van der Waals surface area contributed by atoms with E-state index in [4.69, 9.17) is 5.73 Å². The molecule has 0 spiro atoms. The molecular weight excluding hydrogens is 270 g/mol. The van der Waals surface area contributed by atoms with Crippen molar-refractivity contribution in [3.63, 3.8) is 0 Å². The van der Waals surface area contributed by atoms with E-state index in [0.717, 1.165) is 5.56 Å². The molecule has 21 heavy (non-hydrogen) atoms. The topological polar surface area (TPSA) is 105 Å². The van der Waals surface area contributed by atoms with Crippen LogP contribution in [0.15, 0.2) is 48.7 Å². The molecule has 2 rings (SSSR count). The number of nitrogens with two attached hydrogens (primary N) is 1. The number of benzene rings is 1. The summed E-state index contributed by atoms with van der Waals surface area (Å²) in [7, 11) is 0. The van der Waals surface area contributed by atoms with Crippen LogP contribution in [0.25, 0.3) is 0 Å². The largest absolute Gasteiger partial charge is 0.480 e. The van der Waals surface area contributed by atoms with Crippen LogP contribution in [0.2, 0.25) is 0 Å². The van der Waals surface area contributed by atoms with Crippen molar-refractivity contribution in [3.05, 3.63) is 59.8 Å². The highest BCUT2D eigenvalue weighted by Crippen LogP contribution is 2.09. The number of anilines is 1. The van der Waals surface area contributed by atoms with Crippen molar-refractivity contribution in [2.75, 3.05) is 5.73 Å². The number of hydrogen-bond donors (Lipinski definition) is 3. The Balaban J connectivity index is 2.12. The third-order valence-corrected chi connectivity index (χ3v) is 2.97. The van der Waals surface area contributed by atoms with E-state index < -0.39 is 17.9 Å². The molecule has 0 saturated carbocycles. The van der Waals surface area contributed by atoms with E-state index in [2.05, 4.69) is 10.3 Å². The number of rotatable bonds is 5. The minimum atomic E-state index is -1.10. The molecule has 1 atom stereocenters. The molecule has 0 bridgehead atoms. The van der Waals surface area contributed by atoms with Crippen molar-refractivity contribution in [2.45, 2.75) is 12.5 Å². The quantitative estimate of drug-likeness (QED) is 0.762. The smallest absolute Gasteiger partial charge is 0.326 e. The van der Waals surface area contributed by atoms with Gasteiger partial charge >= 0.3 is 5.97 Å². The van der Waals surface area contributed by atoms with Gasteiger partial charge in [0.15, 0.2) is 0 Å². The second-order valence-electron chi connectivity index (χ2n) is 4.49. The van der Waals surface area contributed by atoms with Gasteiger partial charge in [-0.1, -0.05) is 30.3 Å². The molecule has 0 fully saturated rings. The van der Waals surface area contributed by atoms with Crippen LogP contribution in [0.1, 0.15) is 15.9 Å². The van der Waals surface area contributed by atoms with E-state index in [0.29, 0.717) is 0 Å². The van der Waals surface area contributed by atoms with Crippen LogP contribution in [0, 0.1) is 0 Å². The predicted molar refractivity (Wildman–Crippen MR) is 77.7 cm³/mol. The number of nitrogens with one attached hydrogen (secondary N) is 1. The first kappa shape index (κ1) is 14.5. The van der Waals surface area contributed by atoms with Crippen molar-refractivity contribution < 1.29 is 14.7 Å². The predicted octanol–water partition coefficient (Wildman–Crippen LogP) is 1.09. The van der Waals surface area contributed by atoms with Crippen LogP contribution in [0.3, 0.4) is 0 Å². The van der Waals surface area contributed by atoms with Crippen LogP contribution in [0.5, 0.6) is 0 Å². The maximum absolute atomic E-state index is 12.1. The van der Waals surface area contributed by atoms with Crippen molar-refractivity contribution in [1.82, 2.24) is 10.3 Å². The van der Waals surface area contributed by atoms with E-state index in [9.17, 15) is 14.7 Å². The van der Waals surface area contributed by atoms with E-state index >= 15 is 0 Å². The lowest BCUT2D eigenvalue weighted by molar-refractivity contribution is -0.139. The minimum absolute atomic E-state index is 0.0684. The van der Waals surface area contributed by atoms with Crippen LogP contribution in [0.4, 0.5) is 5.82 Å². The molecule has 4 N–H and O–H groups in total. The lowest BCUT2D eigenvalue weighted by Crippen LogP contribution is -2.42. The molecule has 1 aromatic heterocycles. The molecule has 6 heteroatoms. The Bertz CT molecular complexity index is 644. The van der Waals surface area contributed by atoms with Gasteiger partial charge in [-0.05, 0) is 17.7 Å². The van der Waals surface area contributed by atoms with Crippen LogP contribution < -0.4 is 11.1 Å². The van der Waals surface area contributed by atoms with Crippen LogP contribution >= 0.6 is 0 Å². The lowest BCUT2D eigenvalue weighted by Gasteiger charge is -2.15. The average Bonchev–Trinajstić information content (AvgIpc) is 2.48. The number of nitrogen functional groups attached to an aromatic ring is 1. The van der Waals surface area contributed by atoms with Crippen molar-refractivity contribution in [2.24, 2.45) is 0 Å². The minimum Gasteiger partial charge on any atom is -0.480 e. The summed E-state index contributed by atoms with van der Waals surface area (Å²) >= 11 is 0. The summed E-state index contributed by atoms with van der Waals surface area (Å²) in [6.07, 6.45) is 1.66. The highest BCUT2D eigenvalue weighted by atomic mass is 16.4. The van der Waals surface area contributed by atoms with Gasteiger partial charge in [0.05, 0.1) is 5.56 Å². The third kappa shape index (κ3) is 3.79. The van der Waals surface area contributed by atoms with Gasteiger partial charge in [-0.15, -0.1) is 0 Å². The number of aromatic nitrogens is 1. The third-order valence-electron chi connectivity index (χ3n) is 2.97. The van der Waals surface area contributed by atoms with Gasteiger partial charge in [0.1, 0.15) is 11.9 Å². The Hall–Kier alpha value is -2.89. The first-order valence-corrected chi connectivity index (χ1v) is 6.36. The number of amides is 1. The number of carboxylic acid groups (broad SMARTS) is 1. The SMILES string of the molecule is Nc1ncccc1C(=O)NC(Cc1ccccc1)C(=O)O. The van der Waals surface area contributed by atoms with Crippen molar-refractivity contribution in [3.8, 4) is 0 Å². The van der Waals surface area contributed by atoms with E-state index in [1.165, 1.54) is 12.3 Å². The van der Waals surface area contributed by atoms with Gasteiger partial charge in [-0.25, -0.2) is 9.78 Å². The Morgan fingerprint density at radius 3 is 2.52 bits per heavy atom. The summed E-state index contributed by atoms with van der Waals surface area (Å²) in [5.74, 6) is -1.59. The van der Waals surface area contributed by atoms with Crippen molar-refractivity contribution >= 4 is 17.7 Å². The van der Waals surface area contributed by atoms with Crippen LogP contribution in [-0.2, 0) is 11.2 Å². The Labute approximate surface area is 121 Å². The molecule has 2 aromatic rings. The summed E-state index contributed by atoms with van der Waals surface area (Å²) in [6.45, 7) is 0. The second-order valence-corrected chi connectivity index (χ2v) is 4.49. The summed E-state index contributed by atoms with van der Waals surface area (Å²) in [5.41, 5.74) is 6.59. The molecule has 0 radical (unpaired) electrons. The summed E-state index contributed by atoms with van der Waals surface area (Å²) < 4.78 is 0. The molecule has 0 aliphatic heterocycles. The number of nitrogens with zero attached hydrogens (tertiary/aromatic N) is 1. The standard InChI is InChI=1S/C15H15N3O3/c16-13-11(7-4-8-17-13)14(19)18-12(15(20)21)9-10-5-2-1-3-6-10/h1-8,12H,9H2,(H2,16,17)(H,18,19)(H,20,21). The van der Waals surface area contributed by atoms with Gasteiger partial charge in [-0.3, -0.25) is 4.79 Å². The summed E-state index contributed by atoms with van der Waals surface area (Å²) in [6, 6.07) is 11.1. The van der Waals surface area contributed by atoms with Gasteiger partial charge in [0.25, 0.3) is 5.91 Å². The second kappa shape index (κ2) is 6.51. The van der Waals surface area contributed by atoms with Gasteiger partial charge in [0.2, 0.25) is 0 Å². The van der Waals surface area contributed by atoms with E-state index in [1.54, 1.807) is 18.2 Å². The highest BCUT2D eigenvalue weighted by Gasteiger charge is 2.22. The summed E-state index contributed by atoms with van der Waals surface area (Å²) in [5, 5.41) is 11.7. The normalized spacial score (nSPS) is 11.6. The lowest BCUT2D eigenvalue weighted by atomic mass is 10.1. The maximum atomic E-state index is 12.1. The van der Waals surface area contributed by atoms with Gasteiger partial charge in [0, 0.05) is 12.6 Å². The first-order valence-electron chi connectivity index (χ1n) is 6.36. The zero-order valence-electron chi connectivity index (χ0n) is 11.2. The molecular formula is C15H15N3O3. The fraction of sp³-hybridized carbons (Fsp3) is 0.133. The molecule has 1 aromatic carbocycles. The Morgan fingerprint density at radius 2 is 1.90 bits per heavy atom. The zero-order valence-corrected chi connectivity index (χ0v) is 11.2. The number of pyridine rings is 1. The fourth-order valence-corrected chi connectivity index (χ4v) is 1.90.